The van der Waals surface area contributed by atoms with Gasteiger partial charge in [0, 0.05) is 31.7 Å². The summed E-state index contributed by atoms with van der Waals surface area (Å²) in [6.45, 7) is 1.24. The minimum Gasteiger partial charge on any atom is -0.342 e. The number of benzene rings is 2. The summed E-state index contributed by atoms with van der Waals surface area (Å²) in [4.78, 5) is 29.2. The third-order valence-electron chi connectivity index (χ3n) is 5.66. The summed E-state index contributed by atoms with van der Waals surface area (Å²) in [6, 6.07) is 19.9. The van der Waals surface area contributed by atoms with Gasteiger partial charge in [-0.15, -0.1) is 0 Å². The highest BCUT2D eigenvalue weighted by atomic mass is 16.2. The quantitative estimate of drug-likeness (QED) is 0.851. The van der Waals surface area contributed by atoms with Crippen LogP contribution in [0.4, 0.5) is 5.69 Å². The second-order valence-corrected chi connectivity index (χ2v) is 7.36. The zero-order valence-electron chi connectivity index (χ0n) is 15.0. The second-order valence-electron chi connectivity index (χ2n) is 7.36. The van der Waals surface area contributed by atoms with Crippen LogP contribution in [0.1, 0.15) is 24.3 Å². The highest BCUT2D eigenvalue weighted by Crippen LogP contribution is 2.48. The summed E-state index contributed by atoms with van der Waals surface area (Å²) in [7, 11) is 1.81. The van der Waals surface area contributed by atoms with E-state index in [1.165, 1.54) is 5.56 Å². The molecule has 2 aliphatic rings. The van der Waals surface area contributed by atoms with Gasteiger partial charge in [-0.2, -0.15) is 0 Å². The summed E-state index contributed by atoms with van der Waals surface area (Å²) < 4.78 is 0. The Labute approximate surface area is 154 Å². The van der Waals surface area contributed by atoms with Crippen molar-refractivity contribution in [3.05, 3.63) is 66.2 Å². The van der Waals surface area contributed by atoms with Gasteiger partial charge in [0.15, 0.2) is 0 Å². The van der Waals surface area contributed by atoms with Crippen LogP contribution in [0.15, 0.2) is 60.7 Å². The third kappa shape index (κ3) is 3.24. The van der Waals surface area contributed by atoms with Crippen LogP contribution in [-0.2, 0) is 9.59 Å². The van der Waals surface area contributed by atoms with Gasteiger partial charge < -0.3 is 9.80 Å². The Morgan fingerprint density at radius 3 is 2.35 bits per heavy atom. The molecule has 134 valence electrons. The highest BCUT2D eigenvalue weighted by molar-refractivity contribution is 5.95. The van der Waals surface area contributed by atoms with Crippen LogP contribution in [0, 0.1) is 11.8 Å². The predicted octanol–water partition coefficient (Wildman–Crippen LogP) is 3.30. The van der Waals surface area contributed by atoms with Crippen LogP contribution in [0.25, 0.3) is 0 Å². The van der Waals surface area contributed by atoms with Gasteiger partial charge in [-0.1, -0.05) is 48.5 Å². The zero-order chi connectivity index (χ0) is 18.1. The Hall–Kier alpha value is -2.62. The summed E-state index contributed by atoms with van der Waals surface area (Å²) in [5.74, 6) is 0.667. The first-order valence-electron chi connectivity index (χ1n) is 9.31. The Morgan fingerprint density at radius 2 is 1.65 bits per heavy atom. The van der Waals surface area contributed by atoms with Gasteiger partial charge in [-0.25, -0.2) is 0 Å². The van der Waals surface area contributed by atoms with E-state index in [4.69, 9.17) is 0 Å². The number of rotatable bonds is 4. The number of para-hydroxylation sites is 1. The second kappa shape index (κ2) is 6.94. The van der Waals surface area contributed by atoms with E-state index in [0.717, 1.165) is 18.5 Å². The van der Waals surface area contributed by atoms with Crippen molar-refractivity contribution < 1.29 is 9.59 Å². The maximum atomic E-state index is 12.8. The van der Waals surface area contributed by atoms with E-state index in [0.29, 0.717) is 19.0 Å². The molecule has 0 bridgehead atoms. The van der Waals surface area contributed by atoms with Crippen LogP contribution in [0.5, 0.6) is 0 Å². The van der Waals surface area contributed by atoms with Gasteiger partial charge in [0.05, 0.1) is 5.92 Å². The number of carbonyl (C=O) groups excluding carboxylic acids is 2. The van der Waals surface area contributed by atoms with Crippen molar-refractivity contribution in [2.24, 2.45) is 11.8 Å². The van der Waals surface area contributed by atoms with Gasteiger partial charge in [0.1, 0.15) is 0 Å². The number of nitrogens with zero attached hydrogens (tertiary/aromatic N) is 2. The molecule has 0 radical (unpaired) electrons. The van der Waals surface area contributed by atoms with Gasteiger partial charge in [-0.05, 0) is 36.5 Å². The number of anilines is 1. The molecule has 1 aliphatic heterocycles. The van der Waals surface area contributed by atoms with E-state index in [1.54, 1.807) is 4.90 Å². The molecule has 1 saturated carbocycles. The summed E-state index contributed by atoms with van der Waals surface area (Å²) in [6.07, 6.45) is 1.69. The average molecular weight is 348 g/mol. The Bertz CT molecular complexity index is 790. The Balaban J connectivity index is 1.35. The molecular formula is C22H24N2O2. The van der Waals surface area contributed by atoms with E-state index in [1.807, 2.05) is 60.5 Å². The summed E-state index contributed by atoms with van der Waals surface area (Å²) >= 11 is 0. The monoisotopic (exact) mass is 348 g/mol. The maximum absolute atomic E-state index is 12.8. The van der Waals surface area contributed by atoms with Crippen LogP contribution in [0.2, 0.25) is 0 Å². The summed E-state index contributed by atoms with van der Waals surface area (Å²) in [5.41, 5.74) is 2.15. The molecule has 4 nitrogen and oxygen atoms in total. The Kier molecular flexibility index (Phi) is 4.49. The van der Waals surface area contributed by atoms with E-state index >= 15 is 0 Å². The van der Waals surface area contributed by atoms with Crippen molar-refractivity contribution in [3.63, 3.8) is 0 Å². The smallest absolute Gasteiger partial charge is 0.231 e. The minimum atomic E-state index is -0.0990. The van der Waals surface area contributed by atoms with Crippen molar-refractivity contribution >= 4 is 17.5 Å². The molecule has 1 saturated heterocycles. The van der Waals surface area contributed by atoms with E-state index < -0.39 is 0 Å². The van der Waals surface area contributed by atoms with Crippen LogP contribution in [0.3, 0.4) is 0 Å². The molecule has 2 aromatic carbocycles. The first kappa shape index (κ1) is 16.8. The van der Waals surface area contributed by atoms with Gasteiger partial charge >= 0.3 is 0 Å². The largest absolute Gasteiger partial charge is 0.342 e. The van der Waals surface area contributed by atoms with Crippen molar-refractivity contribution in [3.8, 4) is 0 Å². The van der Waals surface area contributed by atoms with Crippen LogP contribution >= 0.6 is 0 Å². The molecule has 2 fully saturated rings. The lowest BCUT2D eigenvalue weighted by molar-refractivity contribution is -0.132. The van der Waals surface area contributed by atoms with E-state index in [9.17, 15) is 9.59 Å². The molecule has 0 aromatic heterocycles. The molecule has 2 aromatic rings. The fraction of sp³-hybridized carbons (Fsp3) is 0.364. The number of hydrogen-bond donors (Lipinski definition) is 0. The summed E-state index contributed by atoms with van der Waals surface area (Å²) in [5, 5.41) is 0. The normalized spacial score (nSPS) is 24.3. The van der Waals surface area contributed by atoms with Crippen molar-refractivity contribution in [2.45, 2.75) is 18.8 Å². The lowest BCUT2D eigenvalue weighted by atomic mass is 10.1. The lowest BCUT2D eigenvalue weighted by Gasteiger charge is -2.22. The maximum Gasteiger partial charge on any atom is 0.231 e. The Morgan fingerprint density at radius 1 is 1.00 bits per heavy atom. The minimum absolute atomic E-state index is 0.0955. The molecule has 0 spiro atoms. The number of carbonyl (C=O) groups is 2. The SMILES string of the molecule is CN(C(=O)[C@@H]1CCN(C(=O)[C@@H]2C[C@@H]2c2ccccc2)C1)c1ccccc1. The number of amides is 2. The molecule has 1 heterocycles. The van der Waals surface area contributed by atoms with E-state index in [-0.39, 0.29) is 23.7 Å². The molecule has 26 heavy (non-hydrogen) atoms. The fourth-order valence-corrected chi connectivity index (χ4v) is 3.99. The topological polar surface area (TPSA) is 40.6 Å². The van der Waals surface area contributed by atoms with Crippen LogP contribution < -0.4 is 4.90 Å². The van der Waals surface area contributed by atoms with Crippen molar-refractivity contribution in [1.82, 2.24) is 4.90 Å². The molecule has 1 aliphatic carbocycles. The first-order chi connectivity index (χ1) is 12.6. The zero-order valence-corrected chi connectivity index (χ0v) is 15.0. The lowest BCUT2D eigenvalue weighted by Crippen LogP contribution is -2.36. The average Bonchev–Trinajstić information content (AvgIpc) is 3.35. The standard InChI is InChI=1S/C22H24N2O2/c1-23(18-10-6-3-7-11-18)21(25)17-12-13-24(15-17)22(26)20-14-19(20)16-8-4-2-5-9-16/h2-11,17,19-20H,12-15H2,1H3/t17-,19-,20-/m1/s1. The highest BCUT2D eigenvalue weighted by Gasteiger charge is 2.47. The van der Waals surface area contributed by atoms with E-state index in [2.05, 4.69) is 12.1 Å². The molecule has 4 heteroatoms. The van der Waals surface area contributed by atoms with Crippen molar-refractivity contribution in [1.29, 1.82) is 0 Å². The third-order valence-corrected chi connectivity index (χ3v) is 5.66. The van der Waals surface area contributed by atoms with Crippen LogP contribution in [-0.4, -0.2) is 36.9 Å². The molecule has 0 unspecified atom stereocenters. The first-order valence-corrected chi connectivity index (χ1v) is 9.31. The molecule has 0 N–H and O–H groups in total. The van der Waals surface area contributed by atoms with Gasteiger partial charge in [0.2, 0.25) is 11.8 Å². The number of hydrogen-bond acceptors (Lipinski definition) is 2. The predicted molar refractivity (Wildman–Crippen MR) is 102 cm³/mol. The van der Waals surface area contributed by atoms with Gasteiger partial charge in [0.25, 0.3) is 0 Å². The fourth-order valence-electron chi connectivity index (χ4n) is 3.99. The van der Waals surface area contributed by atoms with Gasteiger partial charge in [-0.3, -0.25) is 9.59 Å². The molecule has 2 amide bonds. The molecular weight excluding hydrogens is 324 g/mol. The van der Waals surface area contributed by atoms with Crippen molar-refractivity contribution in [2.75, 3.05) is 25.0 Å². The molecule has 4 rings (SSSR count). The molecule has 3 atom stereocenters. The number of likely N-dealkylation sites (tertiary alicyclic amines) is 1.